The number of rotatable bonds is 3. The van der Waals surface area contributed by atoms with Crippen molar-refractivity contribution >= 4 is 11.9 Å². The van der Waals surface area contributed by atoms with E-state index in [0.717, 1.165) is 23.3 Å². The van der Waals surface area contributed by atoms with E-state index in [9.17, 15) is 18.0 Å². The van der Waals surface area contributed by atoms with Gasteiger partial charge in [0.05, 0.1) is 0 Å². The molecule has 0 fully saturated rings. The van der Waals surface area contributed by atoms with E-state index in [2.05, 4.69) is 6.58 Å². The van der Waals surface area contributed by atoms with Gasteiger partial charge >= 0.3 is 6.18 Å². The maximum Gasteiger partial charge on any atom is 0.402 e. The average Bonchev–Trinajstić information content (AvgIpc) is 2.40. The molecule has 0 aliphatic heterocycles. The van der Waals surface area contributed by atoms with Gasteiger partial charge in [-0.1, -0.05) is 49.1 Å². The summed E-state index contributed by atoms with van der Waals surface area (Å²) in [6.07, 6.45) is 0.997. The van der Waals surface area contributed by atoms with E-state index < -0.39 is 17.9 Å². The van der Waals surface area contributed by atoms with Crippen LogP contribution in [0.4, 0.5) is 13.2 Å². The first-order valence-corrected chi connectivity index (χ1v) is 6.11. The van der Waals surface area contributed by atoms with E-state index in [4.69, 9.17) is 0 Å². The molecule has 0 saturated carbocycles. The third kappa shape index (κ3) is 3.26. The number of benzene rings is 1. The molecule has 1 aliphatic rings. The van der Waals surface area contributed by atoms with E-state index in [-0.39, 0.29) is 0 Å². The van der Waals surface area contributed by atoms with Crippen molar-refractivity contribution in [3.05, 3.63) is 65.8 Å². The standard InChI is InChI=1S/C16H13F3O/c1-2-11-3-5-12(6-4-11)9-13-7-8-15(20)14(10-13)16(17,18)19/h2-8,10,14H,1,9H2. The lowest BCUT2D eigenvalue weighted by Crippen LogP contribution is -2.29. The van der Waals surface area contributed by atoms with E-state index in [1.165, 1.54) is 6.08 Å². The number of carbonyl (C=O) groups excluding carboxylic acids is 1. The van der Waals surface area contributed by atoms with Crippen LogP contribution in [0.3, 0.4) is 0 Å². The molecule has 0 radical (unpaired) electrons. The van der Waals surface area contributed by atoms with Crippen molar-refractivity contribution in [2.75, 3.05) is 0 Å². The van der Waals surface area contributed by atoms with Crippen LogP contribution in [-0.2, 0) is 11.2 Å². The number of hydrogen-bond acceptors (Lipinski definition) is 1. The van der Waals surface area contributed by atoms with Gasteiger partial charge in [0.15, 0.2) is 5.78 Å². The van der Waals surface area contributed by atoms with Gasteiger partial charge in [-0.25, -0.2) is 0 Å². The second kappa shape index (κ2) is 5.49. The molecule has 1 nitrogen and oxygen atoms in total. The van der Waals surface area contributed by atoms with Gasteiger partial charge in [-0.3, -0.25) is 4.79 Å². The summed E-state index contributed by atoms with van der Waals surface area (Å²) in [6.45, 7) is 3.64. The van der Waals surface area contributed by atoms with Gasteiger partial charge in [0.2, 0.25) is 0 Å². The normalized spacial score (nSPS) is 18.9. The fourth-order valence-electron chi connectivity index (χ4n) is 2.03. The average molecular weight is 278 g/mol. The lowest BCUT2D eigenvalue weighted by atomic mass is 9.91. The Morgan fingerprint density at radius 3 is 2.35 bits per heavy atom. The molecule has 0 saturated heterocycles. The van der Waals surface area contributed by atoms with Crippen molar-refractivity contribution in [2.24, 2.45) is 5.92 Å². The summed E-state index contributed by atoms with van der Waals surface area (Å²) in [6, 6.07) is 7.37. The Labute approximate surface area is 115 Å². The van der Waals surface area contributed by atoms with Crippen LogP contribution in [0.5, 0.6) is 0 Å². The predicted octanol–water partition coefficient (Wildman–Crippen LogP) is 4.12. The lowest BCUT2D eigenvalue weighted by molar-refractivity contribution is -0.168. The third-order valence-corrected chi connectivity index (χ3v) is 3.13. The highest BCUT2D eigenvalue weighted by molar-refractivity contribution is 5.95. The zero-order valence-electron chi connectivity index (χ0n) is 10.7. The van der Waals surface area contributed by atoms with Crippen LogP contribution in [0.15, 0.2) is 54.6 Å². The lowest BCUT2D eigenvalue weighted by Gasteiger charge is -2.18. The van der Waals surface area contributed by atoms with Gasteiger partial charge in [0.25, 0.3) is 0 Å². The van der Waals surface area contributed by atoms with Crippen molar-refractivity contribution in [1.82, 2.24) is 0 Å². The molecule has 20 heavy (non-hydrogen) atoms. The second-order valence-electron chi connectivity index (χ2n) is 4.62. The Hall–Kier alpha value is -2.10. The molecule has 1 atom stereocenters. The van der Waals surface area contributed by atoms with Crippen molar-refractivity contribution in [1.29, 1.82) is 0 Å². The van der Waals surface area contributed by atoms with Crippen LogP contribution in [0.1, 0.15) is 11.1 Å². The molecule has 1 aliphatic carbocycles. The minimum absolute atomic E-state index is 0.369. The van der Waals surface area contributed by atoms with Crippen LogP contribution >= 0.6 is 0 Å². The maximum atomic E-state index is 12.7. The molecule has 1 aromatic carbocycles. The first-order valence-electron chi connectivity index (χ1n) is 6.11. The molecule has 2 rings (SSSR count). The molecular formula is C16H13F3O. The summed E-state index contributed by atoms with van der Waals surface area (Å²) < 4.78 is 38.1. The Morgan fingerprint density at radius 2 is 1.80 bits per heavy atom. The molecule has 0 spiro atoms. The minimum Gasteiger partial charge on any atom is -0.294 e. The Balaban J connectivity index is 2.18. The highest BCUT2D eigenvalue weighted by Gasteiger charge is 2.43. The summed E-state index contributed by atoms with van der Waals surface area (Å²) in [7, 11) is 0. The first-order chi connectivity index (χ1) is 9.40. The topological polar surface area (TPSA) is 17.1 Å². The number of hydrogen-bond donors (Lipinski definition) is 0. The molecule has 0 bridgehead atoms. The largest absolute Gasteiger partial charge is 0.402 e. The smallest absolute Gasteiger partial charge is 0.294 e. The number of halogens is 3. The summed E-state index contributed by atoms with van der Waals surface area (Å²) in [4.78, 5) is 11.3. The van der Waals surface area contributed by atoms with Crippen molar-refractivity contribution in [3.8, 4) is 0 Å². The van der Waals surface area contributed by atoms with Gasteiger partial charge in [-0.2, -0.15) is 13.2 Å². The van der Waals surface area contributed by atoms with Gasteiger partial charge in [-0.05, 0) is 29.2 Å². The molecule has 104 valence electrons. The quantitative estimate of drug-likeness (QED) is 0.813. The Bertz CT molecular complexity index is 577. The monoisotopic (exact) mass is 278 g/mol. The van der Waals surface area contributed by atoms with Gasteiger partial charge < -0.3 is 0 Å². The highest BCUT2D eigenvalue weighted by Crippen LogP contribution is 2.32. The fourth-order valence-corrected chi connectivity index (χ4v) is 2.03. The molecule has 1 unspecified atom stereocenters. The van der Waals surface area contributed by atoms with Crippen LogP contribution < -0.4 is 0 Å². The second-order valence-corrected chi connectivity index (χ2v) is 4.62. The molecule has 1 aromatic rings. The number of carbonyl (C=O) groups is 1. The Kier molecular flexibility index (Phi) is 3.93. The zero-order chi connectivity index (χ0) is 14.8. The van der Waals surface area contributed by atoms with Gasteiger partial charge in [0.1, 0.15) is 5.92 Å². The highest BCUT2D eigenvalue weighted by atomic mass is 19.4. The molecule has 0 N–H and O–H groups in total. The Morgan fingerprint density at radius 1 is 1.15 bits per heavy atom. The van der Waals surface area contributed by atoms with Gasteiger partial charge in [0, 0.05) is 0 Å². The fraction of sp³-hybridized carbons (Fsp3) is 0.188. The molecular weight excluding hydrogens is 265 g/mol. The van der Waals surface area contributed by atoms with Crippen LogP contribution in [-0.4, -0.2) is 12.0 Å². The van der Waals surface area contributed by atoms with Crippen molar-refractivity contribution in [3.63, 3.8) is 0 Å². The SMILES string of the molecule is C=Cc1ccc(CC2=CC(C(F)(F)F)C(=O)C=C2)cc1. The number of alkyl halides is 3. The molecule has 0 amide bonds. The summed E-state index contributed by atoms with van der Waals surface area (Å²) >= 11 is 0. The van der Waals surface area contributed by atoms with Crippen molar-refractivity contribution < 1.29 is 18.0 Å². The first kappa shape index (κ1) is 14.3. The number of ketones is 1. The zero-order valence-corrected chi connectivity index (χ0v) is 10.7. The van der Waals surface area contributed by atoms with Crippen LogP contribution in [0.25, 0.3) is 6.08 Å². The van der Waals surface area contributed by atoms with E-state index >= 15 is 0 Å². The van der Waals surface area contributed by atoms with E-state index in [0.29, 0.717) is 12.0 Å². The summed E-state index contributed by atoms with van der Waals surface area (Å²) in [5.74, 6) is -2.93. The van der Waals surface area contributed by atoms with Gasteiger partial charge in [-0.15, -0.1) is 0 Å². The van der Waals surface area contributed by atoms with Crippen LogP contribution in [0, 0.1) is 5.92 Å². The summed E-state index contributed by atoms with van der Waals surface area (Å²) in [5.41, 5.74) is 2.34. The minimum atomic E-state index is -4.53. The molecule has 4 heteroatoms. The van der Waals surface area contributed by atoms with E-state index in [1.54, 1.807) is 6.08 Å². The third-order valence-electron chi connectivity index (χ3n) is 3.13. The molecule has 0 heterocycles. The van der Waals surface area contributed by atoms with Crippen LogP contribution in [0.2, 0.25) is 0 Å². The van der Waals surface area contributed by atoms with Crippen molar-refractivity contribution in [2.45, 2.75) is 12.6 Å². The number of allylic oxidation sites excluding steroid dienone is 4. The van der Waals surface area contributed by atoms with E-state index in [1.807, 2.05) is 24.3 Å². The molecule has 0 aromatic heterocycles. The summed E-state index contributed by atoms with van der Waals surface area (Å²) in [5, 5.41) is 0. The maximum absolute atomic E-state index is 12.7. The predicted molar refractivity (Wildman–Crippen MR) is 72.0 cm³/mol.